The van der Waals surface area contributed by atoms with Gasteiger partial charge in [0.25, 0.3) is 0 Å². The van der Waals surface area contributed by atoms with Crippen molar-refractivity contribution in [1.29, 1.82) is 0 Å². The van der Waals surface area contributed by atoms with Gasteiger partial charge in [-0.2, -0.15) is 0 Å². The summed E-state index contributed by atoms with van der Waals surface area (Å²) in [5.41, 5.74) is 2.40. The van der Waals surface area contributed by atoms with Crippen LogP contribution in [-0.2, 0) is 0 Å². The lowest BCUT2D eigenvalue weighted by Crippen LogP contribution is -2.44. The predicted molar refractivity (Wildman–Crippen MR) is 122 cm³/mol. The molecule has 0 saturated carbocycles. The first kappa shape index (κ1) is 22.6. The highest BCUT2D eigenvalue weighted by molar-refractivity contribution is 5.33. The van der Waals surface area contributed by atoms with E-state index in [9.17, 15) is 5.11 Å². The van der Waals surface area contributed by atoms with Gasteiger partial charge in [0.1, 0.15) is 11.5 Å². The van der Waals surface area contributed by atoms with Gasteiger partial charge in [-0.25, -0.2) is 0 Å². The minimum atomic E-state index is -0.323. The predicted octanol–water partition coefficient (Wildman–Crippen LogP) is 5.82. The van der Waals surface area contributed by atoms with E-state index in [0.29, 0.717) is 0 Å². The zero-order valence-electron chi connectivity index (χ0n) is 18.6. The molecule has 2 aromatic rings. The first-order valence-corrected chi connectivity index (χ1v) is 11.4. The van der Waals surface area contributed by atoms with Crippen molar-refractivity contribution in [3.05, 3.63) is 59.7 Å². The van der Waals surface area contributed by atoms with Crippen LogP contribution < -0.4 is 14.8 Å². The van der Waals surface area contributed by atoms with E-state index in [-0.39, 0.29) is 24.1 Å². The number of piperidine rings is 1. The van der Waals surface area contributed by atoms with Gasteiger partial charge < -0.3 is 19.9 Å². The Morgan fingerprint density at radius 1 is 0.833 bits per heavy atom. The molecular weight excluding hydrogens is 374 g/mol. The summed E-state index contributed by atoms with van der Waals surface area (Å²) in [5.74, 6) is 1.93. The van der Waals surface area contributed by atoms with Crippen LogP contribution in [0.4, 0.5) is 0 Å². The van der Waals surface area contributed by atoms with Gasteiger partial charge >= 0.3 is 0 Å². The topological polar surface area (TPSA) is 50.7 Å². The van der Waals surface area contributed by atoms with Crippen LogP contribution in [-0.4, -0.2) is 25.4 Å². The van der Waals surface area contributed by atoms with E-state index in [0.717, 1.165) is 24.3 Å². The van der Waals surface area contributed by atoms with Crippen molar-refractivity contribution in [3.8, 4) is 11.5 Å². The molecule has 1 fully saturated rings. The highest BCUT2D eigenvalue weighted by Gasteiger charge is 2.37. The minimum Gasteiger partial charge on any atom is -0.497 e. The first-order valence-electron chi connectivity index (χ1n) is 11.4. The second-order valence-electron chi connectivity index (χ2n) is 8.41. The number of nitrogens with one attached hydrogen (secondary N) is 1. The first-order chi connectivity index (χ1) is 14.7. The van der Waals surface area contributed by atoms with E-state index in [1.807, 2.05) is 24.3 Å². The lowest BCUT2D eigenvalue weighted by Gasteiger charge is -2.41. The second kappa shape index (κ2) is 11.4. The monoisotopic (exact) mass is 411 g/mol. The lowest BCUT2D eigenvalue weighted by molar-refractivity contribution is 0.0253. The number of unbranched alkanes of at least 4 members (excludes halogenated alkanes) is 4. The van der Waals surface area contributed by atoms with Crippen molar-refractivity contribution in [1.82, 2.24) is 5.32 Å². The van der Waals surface area contributed by atoms with Crippen LogP contribution in [0.5, 0.6) is 11.5 Å². The van der Waals surface area contributed by atoms with Crippen molar-refractivity contribution in [2.75, 3.05) is 14.2 Å². The Morgan fingerprint density at radius 2 is 1.40 bits per heavy atom. The third-order valence-corrected chi connectivity index (χ3v) is 6.41. The van der Waals surface area contributed by atoms with Crippen LogP contribution in [0.2, 0.25) is 0 Å². The quantitative estimate of drug-likeness (QED) is 0.484. The third kappa shape index (κ3) is 5.77. The molecule has 0 unspecified atom stereocenters. The Morgan fingerprint density at radius 3 is 1.97 bits per heavy atom. The Bertz CT molecular complexity index is 744. The van der Waals surface area contributed by atoms with Crippen LogP contribution in [0, 0.1) is 5.92 Å². The fourth-order valence-electron chi connectivity index (χ4n) is 4.61. The zero-order chi connectivity index (χ0) is 21.3. The molecule has 0 aromatic heterocycles. The second-order valence-corrected chi connectivity index (χ2v) is 8.41. The molecule has 0 radical (unpaired) electrons. The van der Waals surface area contributed by atoms with E-state index in [1.54, 1.807) is 14.2 Å². The standard InChI is InChI=1S/C26H37NO3/c1-4-5-6-7-8-9-23-25(28)18-24(19-10-14-21(29-2)15-11-19)27-26(23)20-12-16-22(30-3)17-13-20/h10-17,23-28H,4-9,18H2,1-3H3/t23-,24-,25-,26+/m1/s1. The lowest BCUT2D eigenvalue weighted by atomic mass is 9.77. The molecular formula is C26H37NO3. The maximum atomic E-state index is 11.1. The summed E-state index contributed by atoms with van der Waals surface area (Å²) in [7, 11) is 3.37. The molecule has 3 rings (SSSR count). The van der Waals surface area contributed by atoms with Gasteiger partial charge in [0, 0.05) is 18.0 Å². The van der Waals surface area contributed by atoms with Gasteiger partial charge in [-0.1, -0.05) is 63.3 Å². The summed E-state index contributed by atoms with van der Waals surface area (Å²) in [6, 6.07) is 16.7. The molecule has 0 spiro atoms. The Labute approximate surface area is 181 Å². The molecule has 2 aromatic carbocycles. The molecule has 4 nitrogen and oxygen atoms in total. The molecule has 1 aliphatic heterocycles. The SMILES string of the molecule is CCCCCCC[C@@H]1[C@H](O)C[C@H](c2ccc(OC)cc2)N[C@H]1c1ccc(OC)cc1. The molecule has 1 aliphatic rings. The Hall–Kier alpha value is -2.04. The zero-order valence-corrected chi connectivity index (χ0v) is 18.6. The van der Waals surface area contributed by atoms with Crippen LogP contribution in [0.3, 0.4) is 0 Å². The number of methoxy groups -OCH3 is 2. The van der Waals surface area contributed by atoms with Crippen molar-refractivity contribution >= 4 is 0 Å². The normalized spacial score (nSPS) is 23.9. The summed E-state index contributed by atoms with van der Waals surface area (Å²) in [6.45, 7) is 2.24. The Kier molecular flexibility index (Phi) is 8.59. The van der Waals surface area contributed by atoms with E-state index >= 15 is 0 Å². The third-order valence-electron chi connectivity index (χ3n) is 6.41. The van der Waals surface area contributed by atoms with Gasteiger partial charge in [0.2, 0.25) is 0 Å². The average molecular weight is 412 g/mol. The number of ether oxygens (including phenoxy) is 2. The molecule has 0 aliphatic carbocycles. The molecule has 30 heavy (non-hydrogen) atoms. The summed E-state index contributed by atoms with van der Waals surface area (Å²) >= 11 is 0. The van der Waals surface area contributed by atoms with Gasteiger partial charge in [0.05, 0.1) is 20.3 Å². The molecule has 164 valence electrons. The molecule has 0 bridgehead atoms. The number of hydrogen-bond donors (Lipinski definition) is 2. The number of benzene rings is 2. The highest BCUT2D eigenvalue weighted by atomic mass is 16.5. The van der Waals surface area contributed by atoms with Crippen LogP contribution in [0.25, 0.3) is 0 Å². The number of rotatable bonds is 10. The maximum absolute atomic E-state index is 11.1. The van der Waals surface area contributed by atoms with E-state index < -0.39 is 0 Å². The van der Waals surface area contributed by atoms with Gasteiger partial charge in [0.15, 0.2) is 0 Å². The largest absolute Gasteiger partial charge is 0.497 e. The number of aliphatic hydroxyl groups is 1. The molecule has 2 N–H and O–H groups in total. The van der Waals surface area contributed by atoms with Crippen LogP contribution >= 0.6 is 0 Å². The summed E-state index contributed by atoms with van der Waals surface area (Å²) in [6.07, 6.45) is 7.71. The van der Waals surface area contributed by atoms with Crippen LogP contribution in [0.15, 0.2) is 48.5 Å². The van der Waals surface area contributed by atoms with Crippen molar-refractivity contribution in [3.63, 3.8) is 0 Å². The molecule has 4 atom stereocenters. The van der Waals surface area contributed by atoms with E-state index in [4.69, 9.17) is 9.47 Å². The highest BCUT2D eigenvalue weighted by Crippen LogP contribution is 2.40. The summed E-state index contributed by atoms with van der Waals surface area (Å²) in [4.78, 5) is 0. The smallest absolute Gasteiger partial charge is 0.118 e. The molecule has 1 heterocycles. The maximum Gasteiger partial charge on any atom is 0.118 e. The fraction of sp³-hybridized carbons (Fsp3) is 0.538. The van der Waals surface area contributed by atoms with Gasteiger partial charge in [-0.3, -0.25) is 0 Å². The summed E-state index contributed by atoms with van der Waals surface area (Å²) in [5, 5.41) is 15.0. The van der Waals surface area contributed by atoms with Gasteiger partial charge in [-0.15, -0.1) is 0 Å². The van der Waals surface area contributed by atoms with E-state index in [2.05, 4.69) is 36.5 Å². The van der Waals surface area contributed by atoms with Crippen molar-refractivity contribution in [2.45, 2.75) is 70.1 Å². The minimum absolute atomic E-state index is 0.120. The van der Waals surface area contributed by atoms with Crippen molar-refractivity contribution < 1.29 is 14.6 Å². The summed E-state index contributed by atoms with van der Waals surface area (Å²) < 4.78 is 10.6. The molecule has 0 amide bonds. The van der Waals surface area contributed by atoms with Crippen LogP contribution in [0.1, 0.15) is 75.1 Å². The van der Waals surface area contributed by atoms with E-state index in [1.165, 1.54) is 43.2 Å². The fourth-order valence-corrected chi connectivity index (χ4v) is 4.61. The molecule has 4 heteroatoms. The Balaban J connectivity index is 1.77. The number of hydrogen-bond acceptors (Lipinski definition) is 4. The van der Waals surface area contributed by atoms with Gasteiger partial charge in [-0.05, 0) is 48.2 Å². The number of aliphatic hydroxyl groups excluding tert-OH is 1. The average Bonchev–Trinajstić information content (AvgIpc) is 2.79. The van der Waals surface area contributed by atoms with Crippen molar-refractivity contribution in [2.24, 2.45) is 5.92 Å². The molecule has 1 saturated heterocycles.